The van der Waals surface area contributed by atoms with E-state index in [4.69, 9.17) is 5.26 Å². The quantitative estimate of drug-likeness (QED) is 0.920. The third kappa shape index (κ3) is 4.45. The molecule has 1 N–H and O–H groups in total. The minimum absolute atomic E-state index is 0.0515. The van der Waals surface area contributed by atoms with E-state index in [0.29, 0.717) is 13.0 Å². The van der Waals surface area contributed by atoms with Gasteiger partial charge in [0.05, 0.1) is 18.4 Å². The third-order valence-electron chi connectivity index (χ3n) is 2.10. The molecule has 0 spiro atoms. The molecule has 84 valence electrons. The van der Waals surface area contributed by atoms with Crippen molar-refractivity contribution in [1.29, 1.82) is 5.26 Å². The van der Waals surface area contributed by atoms with E-state index in [9.17, 15) is 4.79 Å². The van der Waals surface area contributed by atoms with Crippen LogP contribution in [0.3, 0.4) is 0 Å². The van der Waals surface area contributed by atoms with Crippen LogP contribution in [-0.2, 0) is 11.2 Å². The fraction of sp³-hybridized carbons (Fsp3) is 0.333. The van der Waals surface area contributed by atoms with E-state index in [0.717, 1.165) is 10.0 Å². The zero-order valence-corrected chi connectivity index (χ0v) is 10.6. The van der Waals surface area contributed by atoms with Gasteiger partial charge in [0.2, 0.25) is 5.91 Å². The first-order valence-electron chi connectivity index (χ1n) is 5.02. The summed E-state index contributed by atoms with van der Waals surface area (Å²) in [4.78, 5) is 11.5. The normalized spacial score (nSPS) is 11.6. The Balaban J connectivity index is 2.40. The number of benzene rings is 1. The first-order chi connectivity index (χ1) is 7.61. The lowest BCUT2D eigenvalue weighted by atomic mass is 10.1. The van der Waals surface area contributed by atoms with Gasteiger partial charge >= 0.3 is 0 Å². The molecular formula is C12H13BrN2O. The second-order valence-corrected chi connectivity index (χ2v) is 4.55. The minimum atomic E-state index is -0.145. The van der Waals surface area contributed by atoms with E-state index in [2.05, 4.69) is 27.3 Å². The largest absolute Gasteiger partial charge is 0.355 e. The van der Waals surface area contributed by atoms with Crippen molar-refractivity contribution in [3.8, 4) is 6.07 Å². The topological polar surface area (TPSA) is 52.9 Å². The molecule has 0 aliphatic heterocycles. The highest BCUT2D eigenvalue weighted by Gasteiger charge is 2.05. The Hall–Kier alpha value is -1.34. The van der Waals surface area contributed by atoms with Crippen LogP contribution >= 0.6 is 15.9 Å². The molecule has 0 aromatic heterocycles. The monoisotopic (exact) mass is 280 g/mol. The number of hydrogen-bond acceptors (Lipinski definition) is 2. The molecule has 0 radical (unpaired) electrons. The summed E-state index contributed by atoms with van der Waals surface area (Å²) in [6.45, 7) is 2.19. The standard InChI is InChI=1S/C12H13BrN2O/c1-9(7-14)8-15-12(16)6-10-2-4-11(13)5-3-10/h2-5,9H,6,8H2,1H3,(H,15,16). The Morgan fingerprint density at radius 2 is 2.12 bits per heavy atom. The predicted octanol–water partition coefficient (Wildman–Crippen LogP) is 2.27. The summed E-state index contributed by atoms with van der Waals surface area (Å²) in [5.41, 5.74) is 0.963. The number of carbonyl (C=O) groups excluding carboxylic acids is 1. The van der Waals surface area contributed by atoms with Crippen LogP contribution in [-0.4, -0.2) is 12.5 Å². The summed E-state index contributed by atoms with van der Waals surface area (Å²) in [5, 5.41) is 11.3. The number of carbonyl (C=O) groups is 1. The molecule has 0 heterocycles. The molecule has 16 heavy (non-hydrogen) atoms. The minimum Gasteiger partial charge on any atom is -0.355 e. The third-order valence-corrected chi connectivity index (χ3v) is 2.63. The van der Waals surface area contributed by atoms with Crippen molar-refractivity contribution in [3.05, 3.63) is 34.3 Å². The number of amides is 1. The molecule has 0 saturated carbocycles. The van der Waals surface area contributed by atoms with Crippen LogP contribution in [0.2, 0.25) is 0 Å². The SMILES string of the molecule is CC(C#N)CNC(=O)Cc1ccc(Br)cc1. The highest BCUT2D eigenvalue weighted by Crippen LogP contribution is 2.10. The first kappa shape index (κ1) is 12.7. The van der Waals surface area contributed by atoms with E-state index in [1.807, 2.05) is 24.3 Å². The van der Waals surface area contributed by atoms with Gasteiger partial charge < -0.3 is 5.32 Å². The highest BCUT2D eigenvalue weighted by molar-refractivity contribution is 9.10. The van der Waals surface area contributed by atoms with Gasteiger partial charge in [-0.15, -0.1) is 0 Å². The predicted molar refractivity (Wildman–Crippen MR) is 65.6 cm³/mol. The number of rotatable bonds is 4. The summed E-state index contributed by atoms with van der Waals surface area (Å²) in [7, 11) is 0. The summed E-state index contributed by atoms with van der Waals surface area (Å²) in [6.07, 6.45) is 0.353. The van der Waals surface area contributed by atoms with Crippen molar-refractivity contribution in [3.63, 3.8) is 0 Å². The molecule has 0 saturated heterocycles. The molecule has 1 atom stereocenters. The van der Waals surface area contributed by atoms with E-state index >= 15 is 0 Å². The van der Waals surface area contributed by atoms with Crippen molar-refractivity contribution in [2.24, 2.45) is 5.92 Å². The Kier molecular flexibility index (Phi) is 5.00. The second kappa shape index (κ2) is 6.29. The lowest BCUT2D eigenvalue weighted by molar-refractivity contribution is -0.120. The van der Waals surface area contributed by atoms with Gasteiger partial charge in [-0.25, -0.2) is 0 Å². The van der Waals surface area contributed by atoms with Crippen LogP contribution in [0.1, 0.15) is 12.5 Å². The van der Waals surface area contributed by atoms with Gasteiger partial charge in [0, 0.05) is 11.0 Å². The molecular weight excluding hydrogens is 268 g/mol. The molecule has 1 aromatic rings. The van der Waals surface area contributed by atoms with Crippen LogP contribution in [0.15, 0.2) is 28.7 Å². The van der Waals surface area contributed by atoms with Crippen molar-refractivity contribution in [2.45, 2.75) is 13.3 Å². The highest BCUT2D eigenvalue weighted by atomic mass is 79.9. The fourth-order valence-corrected chi connectivity index (χ4v) is 1.43. The Morgan fingerprint density at radius 1 is 1.50 bits per heavy atom. The molecule has 1 aromatic carbocycles. The molecule has 1 amide bonds. The lowest BCUT2D eigenvalue weighted by Gasteiger charge is -2.06. The van der Waals surface area contributed by atoms with Crippen molar-refractivity contribution in [1.82, 2.24) is 5.32 Å². The van der Waals surface area contributed by atoms with Gasteiger partial charge in [-0.2, -0.15) is 5.26 Å². The second-order valence-electron chi connectivity index (χ2n) is 3.64. The van der Waals surface area contributed by atoms with Crippen LogP contribution in [0, 0.1) is 17.2 Å². The van der Waals surface area contributed by atoms with Gasteiger partial charge in [-0.1, -0.05) is 28.1 Å². The molecule has 0 aliphatic rings. The van der Waals surface area contributed by atoms with Crippen LogP contribution in [0.5, 0.6) is 0 Å². The number of halogens is 1. The summed E-state index contributed by atoms with van der Waals surface area (Å²) in [5.74, 6) is -0.196. The Labute approximate surface area is 104 Å². The maximum absolute atomic E-state index is 11.5. The fourth-order valence-electron chi connectivity index (χ4n) is 1.16. The average molecular weight is 281 g/mol. The Bertz CT molecular complexity index is 394. The van der Waals surface area contributed by atoms with Crippen LogP contribution in [0.25, 0.3) is 0 Å². The van der Waals surface area contributed by atoms with Gasteiger partial charge in [-0.3, -0.25) is 4.79 Å². The van der Waals surface area contributed by atoms with Crippen molar-refractivity contribution >= 4 is 21.8 Å². The van der Waals surface area contributed by atoms with Crippen LogP contribution < -0.4 is 5.32 Å². The van der Waals surface area contributed by atoms with Gasteiger partial charge in [-0.05, 0) is 24.6 Å². The molecule has 4 heteroatoms. The zero-order chi connectivity index (χ0) is 12.0. The lowest BCUT2D eigenvalue weighted by Crippen LogP contribution is -2.29. The van der Waals surface area contributed by atoms with E-state index in [1.54, 1.807) is 6.92 Å². The van der Waals surface area contributed by atoms with Gasteiger partial charge in [0.15, 0.2) is 0 Å². The molecule has 0 bridgehead atoms. The molecule has 0 aliphatic carbocycles. The summed E-state index contributed by atoms with van der Waals surface area (Å²) in [6, 6.07) is 9.68. The van der Waals surface area contributed by atoms with Crippen molar-refractivity contribution < 1.29 is 4.79 Å². The van der Waals surface area contributed by atoms with E-state index < -0.39 is 0 Å². The summed E-state index contributed by atoms with van der Waals surface area (Å²) >= 11 is 3.33. The first-order valence-corrected chi connectivity index (χ1v) is 5.82. The van der Waals surface area contributed by atoms with Crippen molar-refractivity contribution in [2.75, 3.05) is 6.54 Å². The van der Waals surface area contributed by atoms with Gasteiger partial charge in [0.1, 0.15) is 0 Å². The molecule has 1 unspecified atom stereocenters. The molecule has 1 rings (SSSR count). The maximum atomic E-state index is 11.5. The maximum Gasteiger partial charge on any atom is 0.224 e. The smallest absolute Gasteiger partial charge is 0.224 e. The average Bonchev–Trinajstić information content (AvgIpc) is 2.29. The molecule has 0 fully saturated rings. The Morgan fingerprint density at radius 3 is 2.69 bits per heavy atom. The van der Waals surface area contributed by atoms with Crippen LogP contribution in [0.4, 0.5) is 0 Å². The number of hydrogen-bond donors (Lipinski definition) is 1. The number of nitriles is 1. The van der Waals surface area contributed by atoms with Gasteiger partial charge in [0.25, 0.3) is 0 Å². The number of nitrogens with zero attached hydrogens (tertiary/aromatic N) is 1. The van der Waals surface area contributed by atoms with E-state index in [1.165, 1.54) is 0 Å². The van der Waals surface area contributed by atoms with E-state index in [-0.39, 0.29) is 11.8 Å². The zero-order valence-electron chi connectivity index (χ0n) is 9.03. The number of nitrogens with one attached hydrogen (secondary N) is 1. The summed E-state index contributed by atoms with van der Waals surface area (Å²) < 4.78 is 0.995. The molecule has 3 nitrogen and oxygen atoms in total.